The number of aryl methyl sites for hydroxylation is 1. The van der Waals surface area contributed by atoms with E-state index in [1.807, 2.05) is 6.92 Å². The van der Waals surface area contributed by atoms with Crippen LogP contribution in [-0.2, 0) is 4.79 Å². The van der Waals surface area contributed by atoms with E-state index in [9.17, 15) is 4.79 Å². The third-order valence-corrected chi connectivity index (χ3v) is 3.13. The quantitative estimate of drug-likeness (QED) is 0.698. The molecule has 1 aliphatic rings. The van der Waals surface area contributed by atoms with Crippen molar-refractivity contribution in [3.63, 3.8) is 0 Å². The predicted molar refractivity (Wildman–Crippen MR) is 62.2 cm³/mol. The van der Waals surface area contributed by atoms with E-state index in [0.717, 1.165) is 13.1 Å². The summed E-state index contributed by atoms with van der Waals surface area (Å²) in [7, 11) is 0. The van der Waals surface area contributed by atoms with Gasteiger partial charge in [-0.2, -0.15) is 0 Å². The summed E-state index contributed by atoms with van der Waals surface area (Å²) in [5, 5.41) is 0. The van der Waals surface area contributed by atoms with Crippen LogP contribution in [0.15, 0.2) is 24.3 Å². The Morgan fingerprint density at radius 2 is 2.07 bits per heavy atom. The van der Waals surface area contributed by atoms with Crippen LogP contribution in [0, 0.1) is 12.8 Å². The molecular weight excluding hydrogens is 186 g/mol. The Kier molecular flexibility index (Phi) is 2.76. The third-order valence-electron chi connectivity index (χ3n) is 3.13. The van der Waals surface area contributed by atoms with Crippen molar-refractivity contribution in [2.45, 2.75) is 20.3 Å². The topological polar surface area (TPSA) is 20.3 Å². The Bertz CT molecular complexity index is 373. The lowest BCUT2D eigenvalue weighted by atomic mass is 9.97. The number of benzene rings is 1. The summed E-state index contributed by atoms with van der Waals surface area (Å²) >= 11 is 0. The zero-order valence-electron chi connectivity index (χ0n) is 9.36. The van der Waals surface area contributed by atoms with Crippen LogP contribution in [0.25, 0.3) is 0 Å². The Hall–Kier alpha value is -1.31. The van der Waals surface area contributed by atoms with Crippen molar-refractivity contribution in [2.24, 2.45) is 5.92 Å². The first-order valence-corrected chi connectivity index (χ1v) is 5.52. The molecule has 80 valence electrons. The van der Waals surface area contributed by atoms with Gasteiger partial charge in [-0.1, -0.05) is 25.1 Å². The average molecular weight is 203 g/mol. The van der Waals surface area contributed by atoms with Gasteiger partial charge in [0.25, 0.3) is 0 Å². The number of Topliss-reactive ketones (excluding diaryl/α,β-unsaturated/α-hetero) is 1. The number of hydrogen-bond donors (Lipinski definition) is 0. The number of hydrogen-bond acceptors (Lipinski definition) is 2. The monoisotopic (exact) mass is 203 g/mol. The van der Waals surface area contributed by atoms with E-state index >= 15 is 0 Å². The van der Waals surface area contributed by atoms with E-state index in [1.54, 1.807) is 0 Å². The van der Waals surface area contributed by atoms with Gasteiger partial charge in [0.05, 0.1) is 0 Å². The SMILES string of the molecule is Cc1ccccc1N1CCC(=O)C(C)C1. The second-order valence-electron chi connectivity index (χ2n) is 4.35. The van der Waals surface area contributed by atoms with Gasteiger partial charge in [0.1, 0.15) is 5.78 Å². The average Bonchev–Trinajstić information content (AvgIpc) is 2.23. The Morgan fingerprint density at radius 1 is 1.33 bits per heavy atom. The maximum atomic E-state index is 11.4. The van der Waals surface area contributed by atoms with Crippen molar-refractivity contribution in [3.05, 3.63) is 29.8 Å². The molecule has 0 amide bonds. The van der Waals surface area contributed by atoms with Crippen molar-refractivity contribution in [2.75, 3.05) is 18.0 Å². The van der Waals surface area contributed by atoms with E-state index < -0.39 is 0 Å². The molecule has 2 nitrogen and oxygen atoms in total. The van der Waals surface area contributed by atoms with Crippen molar-refractivity contribution >= 4 is 11.5 Å². The third kappa shape index (κ3) is 2.04. The number of rotatable bonds is 1. The molecule has 1 fully saturated rings. The second-order valence-corrected chi connectivity index (χ2v) is 4.35. The van der Waals surface area contributed by atoms with Crippen LogP contribution in [0.2, 0.25) is 0 Å². The lowest BCUT2D eigenvalue weighted by Gasteiger charge is -2.32. The fourth-order valence-corrected chi connectivity index (χ4v) is 2.15. The molecule has 1 aromatic rings. The molecule has 1 aromatic carbocycles. The number of para-hydroxylation sites is 1. The van der Waals surface area contributed by atoms with Crippen LogP contribution >= 0.6 is 0 Å². The van der Waals surface area contributed by atoms with Crippen molar-refractivity contribution in [1.29, 1.82) is 0 Å². The normalized spacial score (nSPS) is 21.9. The first-order valence-electron chi connectivity index (χ1n) is 5.52. The number of anilines is 1. The standard InChI is InChI=1S/C13H17NO/c1-10-5-3-4-6-12(10)14-8-7-13(15)11(2)9-14/h3-6,11H,7-9H2,1-2H3. The summed E-state index contributed by atoms with van der Waals surface area (Å²) in [5.41, 5.74) is 2.57. The maximum absolute atomic E-state index is 11.4. The molecule has 0 aliphatic carbocycles. The van der Waals surface area contributed by atoms with Gasteiger partial charge in [-0.05, 0) is 18.6 Å². The molecule has 0 saturated carbocycles. The highest BCUT2D eigenvalue weighted by Crippen LogP contribution is 2.24. The van der Waals surface area contributed by atoms with Gasteiger partial charge in [0.2, 0.25) is 0 Å². The van der Waals surface area contributed by atoms with Gasteiger partial charge in [-0.15, -0.1) is 0 Å². The highest BCUT2D eigenvalue weighted by Gasteiger charge is 2.23. The molecule has 0 N–H and O–H groups in total. The minimum Gasteiger partial charge on any atom is -0.370 e. The molecule has 1 saturated heterocycles. The molecule has 2 rings (SSSR count). The first-order chi connectivity index (χ1) is 7.18. The summed E-state index contributed by atoms with van der Waals surface area (Å²) in [5.74, 6) is 0.582. The smallest absolute Gasteiger partial charge is 0.139 e. The lowest BCUT2D eigenvalue weighted by molar-refractivity contribution is -0.122. The van der Waals surface area contributed by atoms with E-state index in [2.05, 4.69) is 36.1 Å². The van der Waals surface area contributed by atoms with Gasteiger partial charge in [-0.25, -0.2) is 0 Å². The minimum atomic E-state index is 0.179. The van der Waals surface area contributed by atoms with Crippen molar-refractivity contribution < 1.29 is 4.79 Å². The summed E-state index contributed by atoms with van der Waals surface area (Å²) in [6.07, 6.45) is 0.690. The van der Waals surface area contributed by atoms with Crippen LogP contribution in [0.1, 0.15) is 18.9 Å². The molecule has 2 heteroatoms. The molecular formula is C13H17NO. The number of carbonyl (C=O) groups is 1. The fraction of sp³-hybridized carbons (Fsp3) is 0.462. The van der Waals surface area contributed by atoms with Gasteiger partial charge in [0, 0.05) is 31.1 Å². The van der Waals surface area contributed by atoms with Gasteiger partial charge in [-0.3, -0.25) is 4.79 Å². The first kappa shape index (κ1) is 10.2. The van der Waals surface area contributed by atoms with Crippen LogP contribution in [0.3, 0.4) is 0 Å². The predicted octanol–water partition coefficient (Wildman–Crippen LogP) is 2.41. The molecule has 0 bridgehead atoms. The van der Waals surface area contributed by atoms with E-state index in [1.165, 1.54) is 11.3 Å². The number of nitrogens with zero attached hydrogens (tertiary/aromatic N) is 1. The summed E-state index contributed by atoms with van der Waals surface area (Å²) < 4.78 is 0. The summed E-state index contributed by atoms with van der Waals surface area (Å²) in [6, 6.07) is 8.37. The van der Waals surface area contributed by atoms with Crippen LogP contribution in [0.5, 0.6) is 0 Å². The zero-order chi connectivity index (χ0) is 10.8. The second kappa shape index (κ2) is 4.05. The Labute approximate surface area is 90.9 Å². The number of carbonyl (C=O) groups excluding carboxylic acids is 1. The lowest BCUT2D eigenvalue weighted by Crippen LogP contribution is -2.39. The number of piperidine rings is 1. The van der Waals surface area contributed by atoms with Gasteiger partial charge >= 0.3 is 0 Å². The minimum absolute atomic E-state index is 0.179. The van der Waals surface area contributed by atoms with E-state index in [4.69, 9.17) is 0 Å². The van der Waals surface area contributed by atoms with Crippen LogP contribution in [-0.4, -0.2) is 18.9 Å². The highest BCUT2D eigenvalue weighted by molar-refractivity contribution is 5.83. The summed E-state index contributed by atoms with van der Waals surface area (Å²) in [4.78, 5) is 13.8. The molecule has 1 atom stereocenters. The molecule has 1 heterocycles. The maximum Gasteiger partial charge on any atom is 0.139 e. The van der Waals surface area contributed by atoms with Crippen LogP contribution < -0.4 is 4.90 Å². The molecule has 15 heavy (non-hydrogen) atoms. The van der Waals surface area contributed by atoms with Gasteiger partial charge in [0.15, 0.2) is 0 Å². The Morgan fingerprint density at radius 3 is 2.73 bits per heavy atom. The van der Waals surface area contributed by atoms with Crippen molar-refractivity contribution in [1.82, 2.24) is 0 Å². The zero-order valence-corrected chi connectivity index (χ0v) is 9.36. The number of ketones is 1. The Balaban J connectivity index is 2.19. The molecule has 1 unspecified atom stereocenters. The fourth-order valence-electron chi connectivity index (χ4n) is 2.15. The van der Waals surface area contributed by atoms with Gasteiger partial charge < -0.3 is 4.90 Å². The van der Waals surface area contributed by atoms with Crippen molar-refractivity contribution in [3.8, 4) is 0 Å². The largest absolute Gasteiger partial charge is 0.370 e. The van der Waals surface area contributed by atoms with E-state index in [0.29, 0.717) is 12.2 Å². The molecule has 1 aliphatic heterocycles. The van der Waals surface area contributed by atoms with Crippen LogP contribution in [0.4, 0.5) is 5.69 Å². The molecule has 0 aromatic heterocycles. The molecule has 0 spiro atoms. The molecule has 0 radical (unpaired) electrons. The summed E-state index contributed by atoms with van der Waals surface area (Å²) in [6.45, 7) is 5.88. The van der Waals surface area contributed by atoms with E-state index in [-0.39, 0.29) is 5.92 Å². The highest BCUT2D eigenvalue weighted by atomic mass is 16.1.